The van der Waals surface area contributed by atoms with Crippen molar-refractivity contribution in [1.29, 1.82) is 0 Å². The van der Waals surface area contributed by atoms with Crippen molar-refractivity contribution < 1.29 is 9.47 Å². The van der Waals surface area contributed by atoms with E-state index in [2.05, 4.69) is 60.2 Å². The average Bonchev–Trinajstić information content (AvgIpc) is 3.53. The Kier molecular flexibility index (Phi) is 10.0. The van der Waals surface area contributed by atoms with Crippen LogP contribution in [-0.2, 0) is 22.9 Å². The summed E-state index contributed by atoms with van der Waals surface area (Å²) in [5.74, 6) is 1.95. The van der Waals surface area contributed by atoms with Crippen LogP contribution < -0.4 is 5.32 Å². The van der Waals surface area contributed by atoms with Crippen LogP contribution in [0.1, 0.15) is 0 Å². The van der Waals surface area contributed by atoms with Crippen LogP contribution in [0.5, 0.6) is 0 Å². The van der Waals surface area contributed by atoms with Crippen molar-refractivity contribution in [1.82, 2.24) is 29.3 Å². The topological polar surface area (TPSA) is 91.9 Å². The zero-order valence-electron chi connectivity index (χ0n) is 26.5. The highest BCUT2D eigenvalue weighted by atomic mass is 35.5. The van der Waals surface area contributed by atoms with E-state index in [4.69, 9.17) is 36.1 Å². The summed E-state index contributed by atoms with van der Waals surface area (Å²) in [4.78, 5) is 14.3. The van der Waals surface area contributed by atoms with Gasteiger partial charge < -0.3 is 14.8 Å². The average molecular weight is 648 g/mol. The molecule has 0 aliphatic carbocycles. The van der Waals surface area contributed by atoms with Gasteiger partial charge in [-0.05, 0) is 54.6 Å². The Labute approximate surface area is 266 Å². The number of hydrogen-bond donors (Lipinski definition) is 1. The van der Waals surface area contributed by atoms with Crippen molar-refractivity contribution in [2.75, 3.05) is 18.5 Å². The van der Waals surface area contributed by atoms with Gasteiger partial charge in [0, 0.05) is 46.1 Å². The minimum atomic E-state index is -1.23. The molecular weight excluding hydrogens is 606 g/mol. The molecule has 3 aromatic heterocycles. The number of anilines is 2. The Morgan fingerprint density at radius 3 is 2.20 bits per heavy atom. The maximum atomic E-state index is 6.23. The number of para-hydroxylation sites is 2. The van der Waals surface area contributed by atoms with E-state index in [1.165, 1.54) is 0 Å². The summed E-state index contributed by atoms with van der Waals surface area (Å²) in [7, 11) is -2.43. The molecule has 0 amide bonds. The maximum Gasteiger partial charge on any atom is 0.165 e. The molecule has 0 aliphatic heterocycles. The molecule has 9 nitrogen and oxygen atoms in total. The van der Waals surface area contributed by atoms with Crippen molar-refractivity contribution in [2.45, 2.75) is 64.8 Å². The third-order valence-electron chi connectivity index (χ3n) is 7.09. The Morgan fingerprint density at radius 2 is 1.50 bits per heavy atom. The summed E-state index contributed by atoms with van der Waals surface area (Å²) >= 11 is 6.10. The second-order valence-electron chi connectivity index (χ2n) is 13.4. The normalized spacial score (nSPS) is 12.2. The molecular formula is C32H42ClN7O2Si2. The van der Waals surface area contributed by atoms with E-state index in [1.807, 2.05) is 59.4 Å². The molecule has 0 fully saturated rings. The van der Waals surface area contributed by atoms with Gasteiger partial charge >= 0.3 is 0 Å². The van der Waals surface area contributed by atoms with Gasteiger partial charge in [-0.2, -0.15) is 5.10 Å². The predicted molar refractivity (Wildman–Crippen MR) is 185 cm³/mol. The van der Waals surface area contributed by atoms with E-state index >= 15 is 0 Å². The molecule has 1 N–H and O–H groups in total. The molecule has 12 heteroatoms. The zero-order chi connectivity index (χ0) is 31.3. The number of ether oxygens (including phenoxy) is 2. The molecule has 0 spiro atoms. The number of benzene rings is 2. The Morgan fingerprint density at radius 1 is 0.818 bits per heavy atom. The van der Waals surface area contributed by atoms with E-state index in [-0.39, 0.29) is 0 Å². The fourth-order valence-electron chi connectivity index (χ4n) is 4.51. The van der Waals surface area contributed by atoms with Crippen molar-refractivity contribution in [3.05, 3.63) is 72.0 Å². The van der Waals surface area contributed by atoms with Crippen LogP contribution >= 0.6 is 11.6 Å². The molecule has 0 bridgehead atoms. The molecule has 0 atom stereocenters. The van der Waals surface area contributed by atoms with Gasteiger partial charge in [-0.3, -0.25) is 4.57 Å². The molecule has 0 unspecified atom stereocenters. The highest BCUT2D eigenvalue weighted by Crippen LogP contribution is 2.32. The predicted octanol–water partition coefficient (Wildman–Crippen LogP) is 8.38. The second-order valence-corrected chi connectivity index (χ2v) is 25.1. The highest BCUT2D eigenvalue weighted by Gasteiger charge is 2.21. The monoisotopic (exact) mass is 647 g/mol. The zero-order valence-corrected chi connectivity index (χ0v) is 29.2. The van der Waals surface area contributed by atoms with Gasteiger partial charge in [0.15, 0.2) is 17.3 Å². The van der Waals surface area contributed by atoms with Gasteiger partial charge in [0.05, 0.1) is 22.9 Å². The Balaban J connectivity index is 1.48. The quantitative estimate of drug-likeness (QED) is 0.0956. The number of nitrogens with one attached hydrogen (secondary N) is 1. The number of halogens is 1. The van der Waals surface area contributed by atoms with Crippen molar-refractivity contribution in [2.24, 2.45) is 0 Å². The molecule has 5 aromatic rings. The van der Waals surface area contributed by atoms with Crippen LogP contribution in [0.3, 0.4) is 0 Å². The number of nitrogens with zero attached hydrogens (tertiary/aromatic N) is 6. The molecule has 44 heavy (non-hydrogen) atoms. The van der Waals surface area contributed by atoms with E-state index < -0.39 is 16.1 Å². The van der Waals surface area contributed by atoms with Crippen molar-refractivity contribution >= 4 is 50.3 Å². The minimum absolute atomic E-state index is 0.339. The first kappa shape index (κ1) is 32.0. The van der Waals surface area contributed by atoms with Crippen LogP contribution in [0.2, 0.25) is 56.4 Å². The highest BCUT2D eigenvalue weighted by molar-refractivity contribution is 6.76. The van der Waals surface area contributed by atoms with E-state index in [1.54, 1.807) is 6.20 Å². The van der Waals surface area contributed by atoms with Gasteiger partial charge in [-0.15, -0.1) is 0 Å². The third kappa shape index (κ3) is 8.63. The summed E-state index contributed by atoms with van der Waals surface area (Å²) in [6.07, 6.45) is 3.69. The molecule has 0 aliphatic rings. The van der Waals surface area contributed by atoms with E-state index in [9.17, 15) is 0 Å². The van der Waals surface area contributed by atoms with Gasteiger partial charge in [0.25, 0.3) is 0 Å². The summed E-state index contributed by atoms with van der Waals surface area (Å²) in [5, 5.41) is 9.13. The first-order valence-corrected chi connectivity index (χ1v) is 22.8. The van der Waals surface area contributed by atoms with Gasteiger partial charge in [-0.1, -0.05) is 63.0 Å². The van der Waals surface area contributed by atoms with Gasteiger partial charge in [0.1, 0.15) is 19.3 Å². The first-order valence-electron chi connectivity index (χ1n) is 15.0. The largest absolute Gasteiger partial charge is 0.361 e. The lowest BCUT2D eigenvalue weighted by Crippen LogP contribution is -2.22. The van der Waals surface area contributed by atoms with E-state index in [0.29, 0.717) is 49.0 Å². The molecule has 3 heterocycles. The lowest BCUT2D eigenvalue weighted by molar-refractivity contribution is 0.0786. The fourth-order valence-corrected chi connectivity index (χ4v) is 6.15. The van der Waals surface area contributed by atoms with Gasteiger partial charge in [-0.25, -0.2) is 19.6 Å². The molecule has 5 rings (SSSR count). The third-order valence-corrected chi connectivity index (χ3v) is 10.7. The van der Waals surface area contributed by atoms with Crippen LogP contribution in [0.25, 0.3) is 33.9 Å². The van der Waals surface area contributed by atoms with Crippen molar-refractivity contribution in [3.63, 3.8) is 0 Å². The van der Waals surface area contributed by atoms with Crippen LogP contribution in [0.15, 0.2) is 67.0 Å². The number of fused-ring (bicyclic) bond motifs is 1. The summed E-state index contributed by atoms with van der Waals surface area (Å²) in [5.41, 5.74) is 4.21. The number of rotatable bonds is 14. The molecule has 0 saturated carbocycles. The summed E-state index contributed by atoms with van der Waals surface area (Å²) in [6.45, 7) is 16.2. The van der Waals surface area contributed by atoms with E-state index in [0.717, 1.165) is 40.2 Å². The lowest BCUT2D eigenvalue weighted by atomic mass is 10.2. The minimum Gasteiger partial charge on any atom is -0.361 e. The summed E-state index contributed by atoms with van der Waals surface area (Å²) in [6, 6.07) is 19.6. The number of aromatic nitrogens is 6. The first-order chi connectivity index (χ1) is 20.9. The second kappa shape index (κ2) is 13.7. The van der Waals surface area contributed by atoms with Crippen LogP contribution in [-0.4, -0.2) is 58.7 Å². The SMILES string of the molecule is C[Si](C)(C)CCOCn1cc(Nc2ccnc(-c3ccc(Cl)cc3)n2)c(-c2nc3ccccc3n2COCC[Si](C)(C)C)n1. The Bertz CT molecular complexity index is 1690. The number of hydrogen-bond acceptors (Lipinski definition) is 7. The fraction of sp³-hybridized carbons (Fsp3) is 0.375. The standard InChI is InChI=1S/C32H42ClN7O2Si2/c1-43(2,3)19-17-41-22-39-21-27(35-29-15-16-34-31(37-29)24-11-13-25(33)14-12-24)30(38-39)32-36-26-9-7-8-10-28(26)40(32)23-42-18-20-44(4,5)6/h7-16,21H,17-20,22-23H2,1-6H3,(H,34,35,37). The van der Waals surface area contributed by atoms with Crippen LogP contribution in [0, 0.1) is 0 Å². The van der Waals surface area contributed by atoms with Crippen molar-refractivity contribution in [3.8, 4) is 22.9 Å². The van der Waals surface area contributed by atoms with Gasteiger partial charge in [0.2, 0.25) is 0 Å². The molecule has 0 radical (unpaired) electrons. The Hall–Kier alpha value is -3.36. The lowest BCUT2D eigenvalue weighted by Gasteiger charge is -2.16. The maximum absolute atomic E-state index is 6.23. The molecule has 2 aromatic carbocycles. The molecule has 0 saturated heterocycles. The molecule has 232 valence electrons. The van der Waals surface area contributed by atoms with Crippen LogP contribution in [0.4, 0.5) is 11.5 Å². The summed E-state index contributed by atoms with van der Waals surface area (Å²) < 4.78 is 16.2. The smallest absolute Gasteiger partial charge is 0.165 e. The number of imidazole rings is 1.